The van der Waals surface area contributed by atoms with E-state index in [0.29, 0.717) is 22.4 Å². The summed E-state index contributed by atoms with van der Waals surface area (Å²) < 4.78 is 5.71. The highest BCUT2D eigenvalue weighted by Crippen LogP contribution is 2.32. The first-order valence-electron chi connectivity index (χ1n) is 8.18. The number of carbonyl (C=O) groups excluding carboxylic acids is 1. The van der Waals surface area contributed by atoms with E-state index in [2.05, 4.69) is 17.1 Å². The van der Waals surface area contributed by atoms with Gasteiger partial charge in [0.1, 0.15) is 6.61 Å². The average Bonchev–Trinajstić information content (AvgIpc) is 2.56. The van der Waals surface area contributed by atoms with Crippen LogP contribution in [0.2, 0.25) is 10.0 Å². The van der Waals surface area contributed by atoms with Crippen molar-refractivity contribution in [3.05, 3.63) is 28.2 Å². The van der Waals surface area contributed by atoms with Crippen molar-refractivity contribution >= 4 is 29.1 Å². The van der Waals surface area contributed by atoms with Gasteiger partial charge < -0.3 is 10.1 Å². The maximum Gasteiger partial charge on any atom is 0.223 e. The lowest BCUT2D eigenvalue weighted by atomic mass is 9.96. The number of benzene rings is 1. The lowest BCUT2D eigenvalue weighted by molar-refractivity contribution is -0.126. The average molecular weight is 359 g/mol. The molecule has 6 heteroatoms. The SMILES string of the molecule is CCCNC(=O)C1CCN(CCOc2c(Cl)cccc2Cl)CC1. The van der Waals surface area contributed by atoms with Crippen molar-refractivity contribution in [1.29, 1.82) is 0 Å². The summed E-state index contributed by atoms with van der Waals surface area (Å²) in [5.74, 6) is 0.895. The minimum atomic E-state index is 0.150. The van der Waals surface area contributed by atoms with E-state index in [1.807, 2.05) is 0 Å². The number of likely N-dealkylation sites (tertiary alicyclic amines) is 1. The molecule has 2 rings (SSSR count). The Morgan fingerprint density at radius 3 is 2.57 bits per heavy atom. The first kappa shape index (κ1) is 18.4. The third-order valence-electron chi connectivity index (χ3n) is 4.08. The zero-order chi connectivity index (χ0) is 16.7. The van der Waals surface area contributed by atoms with Crippen molar-refractivity contribution < 1.29 is 9.53 Å². The number of hydrogen-bond acceptors (Lipinski definition) is 3. The van der Waals surface area contributed by atoms with Crippen molar-refractivity contribution in [2.45, 2.75) is 26.2 Å². The largest absolute Gasteiger partial charge is 0.489 e. The maximum absolute atomic E-state index is 12.0. The molecule has 1 saturated heterocycles. The maximum atomic E-state index is 12.0. The number of nitrogens with one attached hydrogen (secondary N) is 1. The standard InChI is InChI=1S/C17H24Cl2N2O2/c1-2-8-20-17(22)13-6-9-21(10-7-13)11-12-23-16-14(18)4-3-5-15(16)19/h3-5,13H,2,6-12H2,1H3,(H,20,22). The monoisotopic (exact) mass is 358 g/mol. The van der Waals surface area contributed by atoms with E-state index >= 15 is 0 Å². The molecule has 1 amide bonds. The number of carbonyl (C=O) groups is 1. The Labute approximate surface area is 148 Å². The van der Waals surface area contributed by atoms with Crippen LogP contribution in [0.15, 0.2) is 18.2 Å². The van der Waals surface area contributed by atoms with Gasteiger partial charge in [-0.2, -0.15) is 0 Å². The number of amides is 1. The molecule has 4 nitrogen and oxygen atoms in total. The molecule has 0 atom stereocenters. The molecule has 0 radical (unpaired) electrons. The second kappa shape index (κ2) is 9.36. The molecule has 1 heterocycles. The number of nitrogens with zero attached hydrogens (tertiary/aromatic N) is 1. The normalized spacial score (nSPS) is 16.3. The molecule has 0 aromatic heterocycles. The first-order valence-corrected chi connectivity index (χ1v) is 8.94. The third-order valence-corrected chi connectivity index (χ3v) is 4.68. The molecule has 1 aliphatic rings. The van der Waals surface area contributed by atoms with Crippen LogP contribution < -0.4 is 10.1 Å². The summed E-state index contributed by atoms with van der Waals surface area (Å²) in [5, 5.41) is 4.05. The van der Waals surface area contributed by atoms with Gasteiger partial charge in [-0.05, 0) is 44.5 Å². The number of hydrogen-bond donors (Lipinski definition) is 1. The van der Waals surface area contributed by atoms with Crippen molar-refractivity contribution in [2.75, 3.05) is 32.8 Å². The molecule has 1 N–H and O–H groups in total. The molecule has 0 unspecified atom stereocenters. The van der Waals surface area contributed by atoms with Gasteiger partial charge in [0.05, 0.1) is 10.0 Å². The van der Waals surface area contributed by atoms with E-state index < -0.39 is 0 Å². The van der Waals surface area contributed by atoms with Crippen LogP contribution in [0.25, 0.3) is 0 Å². The molecule has 0 spiro atoms. The Hall–Kier alpha value is -0.970. The van der Waals surface area contributed by atoms with Crippen LogP contribution in [0.5, 0.6) is 5.75 Å². The van der Waals surface area contributed by atoms with Crippen molar-refractivity contribution in [1.82, 2.24) is 10.2 Å². The molecular weight excluding hydrogens is 335 g/mol. The van der Waals surface area contributed by atoms with Gasteiger partial charge in [0.25, 0.3) is 0 Å². The highest BCUT2D eigenvalue weighted by Gasteiger charge is 2.24. The Morgan fingerprint density at radius 1 is 1.30 bits per heavy atom. The number of ether oxygens (including phenoxy) is 1. The van der Waals surface area contributed by atoms with Crippen LogP contribution in [0, 0.1) is 5.92 Å². The van der Waals surface area contributed by atoms with Crippen LogP contribution in [0.3, 0.4) is 0 Å². The molecule has 0 aliphatic carbocycles. The molecule has 1 fully saturated rings. The highest BCUT2D eigenvalue weighted by molar-refractivity contribution is 6.37. The second-order valence-electron chi connectivity index (χ2n) is 5.81. The fourth-order valence-corrected chi connectivity index (χ4v) is 3.22. The Balaban J connectivity index is 1.70. The van der Waals surface area contributed by atoms with E-state index in [9.17, 15) is 4.79 Å². The van der Waals surface area contributed by atoms with Crippen molar-refractivity contribution in [3.8, 4) is 5.75 Å². The van der Waals surface area contributed by atoms with Gasteiger partial charge in [-0.25, -0.2) is 0 Å². The molecule has 0 bridgehead atoms. The second-order valence-corrected chi connectivity index (χ2v) is 6.62. The van der Waals surface area contributed by atoms with E-state index in [1.165, 1.54) is 0 Å². The predicted molar refractivity (Wildman–Crippen MR) is 94.4 cm³/mol. The van der Waals surface area contributed by atoms with Crippen LogP contribution in [0.4, 0.5) is 0 Å². The van der Waals surface area contributed by atoms with Gasteiger partial charge in [-0.3, -0.25) is 9.69 Å². The minimum Gasteiger partial charge on any atom is -0.489 e. The topological polar surface area (TPSA) is 41.6 Å². The number of rotatable bonds is 7. The summed E-state index contributed by atoms with van der Waals surface area (Å²) in [6, 6.07) is 5.33. The lowest BCUT2D eigenvalue weighted by Crippen LogP contribution is -2.41. The smallest absolute Gasteiger partial charge is 0.223 e. The highest BCUT2D eigenvalue weighted by atomic mass is 35.5. The van der Waals surface area contributed by atoms with E-state index in [4.69, 9.17) is 27.9 Å². The van der Waals surface area contributed by atoms with Gasteiger partial charge in [0, 0.05) is 19.0 Å². The summed E-state index contributed by atoms with van der Waals surface area (Å²) in [7, 11) is 0. The van der Waals surface area contributed by atoms with Gasteiger partial charge in [-0.1, -0.05) is 36.2 Å². The minimum absolute atomic E-state index is 0.150. The zero-order valence-corrected chi connectivity index (χ0v) is 15.0. The van der Waals surface area contributed by atoms with Crippen LogP contribution >= 0.6 is 23.2 Å². The van der Waals surface area contributed by atoms with Crippen molar-refractivity contribution in [2.24, 2.45) is 5.92 Å². The lowest BCUT2D eigenvalue weighted by Gasteiger charge is -2.31. The molecule has 1 aromatic rings. The van der Waals surface area contributed by atoms with Gasteiger partial charge in [0.15, 0.2) is 5.75 Å². The number of halogens is 2. The third kappa shape index (κ3) is 5.55. The quantitative estimate of drug-likeness (QED) is 0.809. The van der Waals surface area contributed by atoms with Crippen LogP contribution in [0.1, 0.15) is 26.2 Å². The molecule has 1 aliphatic heterocycles. The Kier molecular flexibility index (Phi) is 7.47. The fraction of sp³-hybridized carbons (Fsp3) is 0.588. The van der Waals surface area contributed by atoms with E-state index in [0.717, 1.165) is 45.4 Å². The van der Waals surface area contributed by atoms with Crippen LogP contribution in [-0.2, 0) is 4.79 Å². The number of piperidine rings is 1. The molecule has 0 saturated carbocycles. The van der Waals surface area contributed by atoms with Gasteiger partial charge in [-0.15, -0.1) is 0 Å². The number of para-hydroxylation sites is 1. The fourth-order valence-electron chi connectivity index (χ4n) is 2.71. The molecule has 128 valence electrons. The van der Waals surface area contributed by atoms with Gasteiger partial charge in [0.2, 0.25) is 5.91 Å². The van der Waals surface area contributed by atoms with E-state index in [1.54, 1.807) is 18.2 Å². The molecular formula is C17H24Cl2N2O2. The molecule has 23 heavy (non-hydrogen) atoms. The van der Waals surface area contributed by atoms with Gasteiger partial charge >= 0.3 is 0 Å². The summed E-state index contributed by atoms with van der Waals surface area (Å²) >= 11 is 12.2. The summed E-state index contributed by atoms with van der Waals surface area (Å²) in [6.07, 6.45) is 2.79. The first-order chi connectivity index (χ1) is 11.1. The predicted octanol–water partition coefficient (Wildman–Crippen LogP) is 3.61. The summed E-state index contributed by atoms with van der Waals surface area (Å²) in [4.78, 5) is 14.3. The zero-order valence-electron chi connectivity index (χ0n) is 13.5. The summed E-state index contributed by atoms with van der Waals surface area (Å²) in [5.41, 5.74) is 0. The van der Waals surface area contributed by atoms with Crippen molar-refractivity contribution in [3.63, 3.8) is 0 Å². The van der Waals surface area contributed by atoms with Crippen LogP contribution in [-0.4, -0.2) is 43.6 Å². The summed E-state index contributed by atoms with van der Waals surface area (Å²) in [6.45, 7) is 6.02. The molecule has 1 aromatic carbocycles. The Bertz CT molecular complexity index is 497. The van der Waals surface area contributed by atoms with E-state index in [-0.39, 0.29) is 11.8 Å². The Morgan fingerprint density at radius 2 is 1.96 bits per heavy atom.